The normalized spacial score (nSPS) is 12.9. The molecule has 4 nitrogen and oxygen atoms in total. The molecule has 0 aliphatic rings. The molecule has 0 saturated carbocycles. The number of hydroxylamine groups is 4. The number of halogens is 1. The molecule has 0 radical (unpaired) electrons. The van der Waals surface area contributed by atoms with Crippen molar-refractivity contribution in [1.29, 1.82) is 0 Å². The van der Waals surface area contributed by atoms with Crippen LogP contribution in [-0.4, -0.2) is 52.8 Å². The Labute approximate surface area is 92.9 Å². The topological polar surface area (TPSA) is 24.9 Å². The van der Waals surface area contributed by atoms with Crippen molar-refractivity contribution in [1.82, 2.24) is 10.1 Å². The van der Waals surface area contributed by atoms with Crippen molar-refractivity contribution >= 4 is 20.2 Å². The quantitative estimate of drug-likeness (QED) is 0.384. The summed E-state index contributed by atoms with van der Waals surface area (Å²) in [7, 11) is 5.34. The summed E-state index contributed by atoms with van der Waals surface area (Å²) in [4.78, 5) is 0. The fourth-order valence-corrected chi connectivity index (χ4v) is 4.21. The summed E-state index contributed by atoms with van der Waals surface area (Å²) in [6.45, 7) is 2.04. The smallest absolute Gasteiger partial charge is 0.309 e. The molecule has 0 heterocycles. The highest BCUT2D eigenvalue weighted by Gasteiger charge is 2.34. The van der Waals surface area contributed by atoms with E-state index in [0.717, 1.165) is 12.5 Å². The summed E-state index contributed by atoms with van der Waals surface area (Å²) in [6, 6.07) is 0.896. The monoisotopic (exact) mass is 240 g/mol. The molecule has 0 bridgehead atoms. The van der Waals surface area contributed by atoms with Crippen molar-refractivity contribution < 1.29 is 9.05 Å². The molecular formula is C8H21ClN2O2Si. The minimum absolute atomic E-state index is 0.649. The van der Waals surface area contributed by atoms with E-state index in [-0.39, 0.29) is 0 Å². The number of alkyl halides is 1. The molecule has 0 aliphatic carbocycles. The number of hydrogen-bond donors (Lipinski definition) is 0. The first-order valence-electron chi connectivity index (χ1n) is 4.68. The van der Waals surface area contributed by atoms with Crippen LogP contribution in [0, 0.1) is 0 Å². The highest BCUT2D eigenvalue weighted by atomic mass is 35.5. The second-order valence-electron chi connectivity index (χ2n) is 3.73. The van der Waals surface area contributed by atoms with Crippen LogP contribution in [0.25, 0.3) is 0 Å². The zero-order valence-corrected chi connectivity index (χ0v) is 11.5. The Balaban J connectivity index is 4.17. The zero-order chi connectivity index (χ0) is 11.2. The lowest BCUT2D eigenvalue weighted by Crippen LogP contribution is -2.46. The van der Waals surface area contributed by atoms with Crippen LogP contribution in [0.4, 0.5) is 0 Å². The van der Waals surface area contributed by atoms with Gasteiger partial charge in [-0.1, -0.05) is 0 Å². The predicted octanol–water partition coefficient (Wildman–Crippen LogP) is 1.67. The first-order chi connectivity index (χ1) is 6.39. The average Bonchev–Trinajstić information content (AvgIpc) is 1.97. The largest absolute Gasteiger partial charge is 0.374 e. The highest BCUT2D eigenvalue weighted by Crippen LogP contribution is 2.17. The third-order valence-electron chi connectivity index (χ3n) is 1.52. The summed E-state index contributed by atoms with van der Waals surface area (Å²) in [6.07, 6.45) is 0.923. The van der Waals surface area contributed by atoms with Crippen LogP contribution < -0.4 is 0 Å². The van der Waals surface area contributed by atoms with Gasteiger partial charge in [-0.2, -0.15) is 0 Å². The Morgan fingerprint density at radius 1 is 1.07 bits per heavy atom. The molecule has 0 atom stereocenters. The lowest BCUT2D eigenvalue weighted by atomic mass is 10.6. The standard InChI is InChI=1S/C8H21ClN2O2Si/c1-10(2)12-14(5,8-6-7-9)13-11(3)4/h6-8H2,1-5H3. The molecule has 0 N–H and O–H groups in total. The molecule has 86 valence electrons. The number of nitrogens with zero attached hydrogens (tertiary/aromatic N) is 2. The molecule has 6 heteroatoms. The van der Waals surface area contributed by atoms with Crippen molar-refractivity contribution in [3.63, 3.8) is 0 Å². The van der Waals surface area contributed by atoms with Crippen LogP contribution in [0.3, 0.4) is 0 Å². The molecule has 0 aromatic rings. The minimum Gasteiger partial charge on any atom is -0.309 e. The van der Waals surface area contributed by atoms with Gasteiger partial charge in [0.15, 0.2) is 0 Å². The van der Waals surface area contributed by atoms with Gasteiger partial charge in [-0.25, -0.2) is 10.1 Å². The van der Waals surface area contributed by atoms with Gasteiger partial charge in [0.2, 0.25) is 0 Å². The molecule has 0 spiro atoms. The van der Waals surface area contributed by atoms with Crippen LogP contribution in [0.15, 0.2) is 0 Å². The van der Waals surface area contributed by atoms with E-state index in [9.17, 15) is 0 Å². The lowest BCUT2D eigenvalue weighted by molar-refractivity contribution is -0.108. The molecular weight excluding hydrogens is 220 g/mol. The Morgan fingerprint density at radius 2 is 1.50 bits per heavy atom. The Morgan fingerprint density at radius 3 is 1.79 bits per heavy atom. The van der Waals surface area contributed by atoms with Gasteiger partial charge >= 0.3 is 8.56 Å². The van der Waals surface area contributed by atoms with E-state index in [1.165, 1.54) is 0 Å². The summed E-state index contributed by atoms with van der Waals surface area (Å²) in [5.41, 5.74) is 0. The third-order valence-corrected chi connectivity index (χ3v) is 4.55. The van der Waals surface area contributed by atoms with Crippen molar-refractivity contribution in [3.05, 3.63) is 0 Å². The molecule has 14 heavy (non-hydrogen) atoms. The van der Waals surface area contributed by atoms with E-state index in [1.807, 2.05) is 34.7 Å². The van der Waals surface area contributed by atoms with Gasteiger partial charge in [0.05, 0.1) is 0 Å². The number of rotatable bonds is 7. The Hall–Kier alpha value is 0.347. The van der Waals surface area contributed by atoms with E-state index in [4.69, 9.17) is 20.7 Å². The van der Waals surface area contributed by atoms with Gasteiger partial charge in [0.1, 0.15) is 0 Å². The van der Waals surface area contributed by atoms with Crippen molar-refractivity contribution in [2.45, 2.75) is 19.0 Å². The predicted molar refractivity (Wildman–Crippen MR) is 61.3 cm³/mol. The molecule has 0 fully saturated rings. The van der Waals surface area contributed by atoms with E-state index >= 15 is 0 Å². The second kappa shape index (κ2) is 6.76. The van der Waals surface area contributed by atoms with Gasteiger partial charge in [-0.05, 0) is 19.0 Å². The third kappa shape index (κ3) is 6.75. The van der Waals surface area contributed by atoms with Gasteiger partial charge in [-0.15, -0.1) is 11.6 Å². The first kappa shape index (κ1) is 14.3. The van der Waals surface area contributed by atoms with E-state index < -0.39 is 8.56 Å². The van der Waals surface area contributed by atoms with Gasteiger partial charge in [0, 0.05) is 34.1 Å². The SMILES string of the molecule is CN(C)O[Si](C)(CCCCl)ON(C)C. The van der Waals surface area contributed by atoms with Crippen molar-refractivity contribution in [3.8, 4) is 0 Å². The van der Waals surface area contributed by atoms with Gasteiger partial charge in [0.25, 0.3) is 0 Å². The molecule has 0 aromatic carbocycles. The lowest BCUT2D eigenvalue weighted by Gasteiger charge is -2.31. The fourth-order valence-electron chi connectivity index (χ4n) is 1.27. The van der Waals surface area contributed by atoms with Crippen LogP contribution >= 0.6 is 11.6 Å². The van der Waals surface area contributed by atoms with Crippen molar-refractivity contribution in [2.24, 2.45) is 0 Å². The highest BCUT2D eigenvalue weighted by molar-refractivity contribution is 6.65. The fraction of sp³-hybridized carbons (Fsp3) is 1.00. The average molecular weight is 241 g/mol. The molecule has 0 amide bonds. The molecule has 0 saturated heterocycles. The summed E-state index contributed by atoms with van der Waals surface area (Å²) < 4.78 is 11.4. The number of hydrogen-bond acceptors (Lipinski definition) is 4. The van der Waals surface area contributed by atoms with Crippen LogP contribution in [0.5, 0.6) is 0 Å². The van der Waals surface area contributed by atoms with E-state index in [1.54, 1.807) is 10.1 Å². The van der Waals surface area contributed by atoms with Crippen LogP contribution in [-0.2, 0) is 9.05 Å². The molecule has 0 unspecified atom stereocenters. The Kier molecular flexibility index (Phi) is 6.93. The first-order valence-corrected chi connectivity index (χ1v) is 7.74. The van der Waals surface area contributed by atoms with Gasteiger partial charge in [-0.3, -0.25) is 0 Å². The second-order valence-corrected chi connectivity index (χ2v) is 7.24. The maximum atomic E-state index is 5.70. The minimum atomic E-state index is -2.13. The summed E-state index contributed by atoms with van der Waals surface area (Å²) in [5.74, 6) is 0.649. The molecule has 0 aliphatic heterocycles. The Bertz CT molecular complexity index is 148. The van der Waals surface area contributed by atoms with E-state index in [0.29, 0.717) is 5.88 Å². The maximum absolute atomic E-state index is 5.70. The summed E-state index contributed by atoms with van der Waals surface area (Å²) >= 11 is 5.66. The van der Waals surface area contributed by atoms with Gasteiger partial charge < -0.3 is 9.05 Å². The maximum Gasteiger partial charge on any atom is 0.374 e. The van der Waals surface area contributed by atoms with Crippen molar-refractivity contribution in [2.75, 3.05) is 34.1 Å². The molecule has 0 rings (SSSR count). The molecule has 0 aromatic heterocycles. The summed E-state index contributed by atoms with van der Waals surface area (Å²) in [5, 5.41) is 3.40. The van der Waals surface area contributed by atoms with E-state index in [2.05, 4.69) is 0 Å². The van der Waals surface area contributed by atoms with Crippen LogP contribution in [0.1, 0.15) is 6.42 Å². The van der Waals surface area contributed by atoms with Crippen LogP contribution in [0.2, 0.25) is 12.6 Å². The zero-order valence-electron chi connectivity index (χ0n) is 9.71.